The van der Waals surface area contributed by atoms with E-state index in [1.807, 2.05) is 0 Å². The molecule has 0 radical (unpaired) electrons. The number of nitrogens with one attached hydrogen (secondary N) is 2. The van der Waals surface area contributed by atoms with E-state index in [2.05, 4.69) is 10.6 Å². The molecule has 2 amide bonds. The maximum atomic E-state index is 13.0. The van der Waals surface area contributed by atoms with Crippen LogP contribution in [0.2, 0.25) is 0 Å². The molecule has 0 aliphatic rings. The second-order valence-electron chi connectivity index (χ2n) is 4.39. The van der Waals surface area contributed by atoms with Crippen LogP contribution >= 0.6 is 0 Å². The zero-order valence-electron chi connectivity index (χ0n) is 11.0. The van der Waals surface area contributed by atoms with Gasteiger partial charge >= 0.3 is 6.03 Å². The van der Waals surface area contributed by atoms with Gasteiger partial charge in [0.2, 0.25) is 0 Å². The van der Waals surface area contributed by atoms with Crippen LogP contribution in [-0.4, -0.2) is 12.6 Å². The Bertz CT molecular complexity index is 629. The molecule has 0 unspecified atom stereocenters. The summed E-state index contributed by atoms with van der Waals surface area (Å²) in [5.74, 6) is -2.32. The summed E-state index contributed by atoms with van der Waals surface area (Å²) >= 11 is 0. The van der Waals surface area contributed by atoms with Gasteiger partial charge in [0.1, 0.15) is 5.82 Å². The van der Waals surface area contributed by atoms with Gasteiger partial charge in [-0.1, -0.05) is 12.1 Å². The van der Waals surface area contributed by atoms with E-state index < -0.39 is 17.7 Å². The first-order valence-electron chi connectivity index (χ1n) is 6.29. The summed E-state index contributed by atoms with van der Waals surface area (Å²) in [6.07, 6.45) is 0.533. The zero-order chi connectivity index (χ0) is 15.2. The summed E-state index contributed by atoms with van der Waals surface area (Å²) < 4.78 is 38.4. The molecule has 0 aliphatic carbocycles. The van der Waals surface area contributed by atoms with Crippen LogP contribution in [0.5, 0.6) is 0 Å². The van der Waals surface area contributed by atoms with E-state index in [4.69, 9.17) is 0 Å². The van der Waals surface area contributed by atoms with Crippen molar-refractivity contribution in [1.29, 1.82) is 0 Å². The summed E-state index contributed by atoms with van der Waals surface area (Å²) in [5.41, 5.74) is 1.04. The molecule has 0 atom stereocenters. The third kappa shape index (κ3) is 4.52. The molecule has 0 bridgehead atoms. The first kappa shape index (κ1) is 14.9. The van der Waals surface area contributed by atoms with Gasteiger partial charge in [-0.3, -0.25) is 0 Å². The van der Waals surface area contributed by atoms with E-state index >= 15 is 0 Å². The molecule has 21 heavy (non-hydrogen) atoms. The average molecular weight is 294 g/mol. The van der Waals surface area contributed by atoms with E-state index in [0.29, 0.717) is 13.0 Å². The average Bonchev–Trinajstić information content (AvgIpc) is 2.45. The van der Waals surface area contributed by atoms with Crippen LogP contribution in [0.1, 0.15) is 5.56 Å². The largest absolute Gasteiger partial charge is 0.338 e. The van der Waals surface area contributed by atoms with Crippen LogP contribution < -0.4 is 10.6 Å². The standard InChI is InChI=1S/C15H13F3N2O/c16-11-3-1-10(2-4-11)7-8-19-15(21)20-12-5-6-13(17)14(18)9-12/h1-6,9H,7-8H2,(H2,19,20,21). The predicted molar refractivity (Wildman–Crippen MR) is 73.5 cm³/mol. The lowest BCUT2D eigenvalue weighted by molar-refractivity contribution is 0.252. The molecular formula is C15H13F3N2O. The van der Waals surface area contributed by atoms with Crippen LogP contribution in [-0.2, 0) is 6.42 Å². The van der Waals surface area contributed by atoms with Gasteiger partial charge in [-0.15, -0.1) is 0 Å². The first-order chi connectivity index (χ1) is 10.0. The van der Waals surface area contributed by atoms with E-state index in [0.717, 1.165) is 17.7 Å². The number of benzene rings is 2. The Hall–Kier alpha value is -2.50. The maximum Gasteiger partial charge on any atom is 0.319 e. The van der Waals surface area contributed by atoms with Crippen molar-refractivity contribution in [2.45, 2.75) is 6.42 Å². The van der Waals surface area contributed by atoms with Crippen molar-refractivity contribution >= 4 is 11.7 Å². The Morgan fingerprint density at radius 3 is 2.33 bits per heavy atom. The molecule has 0 spiro atoms. The fourth-order valence-electron chi connectivity index (χ4n) is 1.72. The molecule has 3 nitrogen and oxygen atoms in total. The Balaban J connectivity index is 1.79. The summed E-state index contributed by atoms with van der Waals surface area (Å²) in [6, 6.07) is 8.52. The number of hydrogen-bond acceptors (Lipinski definition) is 1. The molecule has 6 heteroatoms. The second-order valence-corrected chi connectivity index (χ2v) is 4.39. The first-order valence-corrected chi connectivity index (χ1v) is 6.29. The van der Waals surface area contributed by atoms with Crippen molar-refractivity contribution in [3.63, 3.8) is 0 Å². The van der Waals surface area contributed by atoms with Gasteiger partial charge in [-0.2, -0.15) is 0 Å². The van der Waals surface area contributed by atoms with E-state index in [1.54, 1.807) is 12.1 Å². The van der Waals surface area contributed by atoms with Crippen molar-refractivity contribution in [2.75, 3.05) is 11.9 Å². The minimum atomic E-state index is -1.03. The van der Waals surface area contributed by atoms with Gasteiger partial charge in [0.15, 0.2) is 11.6 Å². The number of amides is 2. The molecule has 2 rings (SSSR count). The third-order valence-corrected chi connectivity index (χ3v) is 2.79. The number of rotatable bonds is 4. The lowest BCUT2D eigenvalue weighted by Gasteiger charge is -2.08. The number of carbonyl (C=O) groups excluding carboxylic acids is 1. The summed E-state index contributed by atoms with van der Waals surface area (Å²) in [7, 11) is 0. The number of carbonyl (C=O) groups is 1. The quantitative estimate of drug-likeness (QED) is 0.890. The van der Waals surface area contributed by atoms with Gasteiger partial charge in [0.05, 0.1) is 0 Å². The molecule has 110 valence electrons. The molecule has 2 N–H and O–H groups in total. The van der Waals surface area contributed by atoms with Crippen LogP contribution in [0.4, 0.5) is 23.7 Å². The Labute approximate surface area is 119 Å². The monoisotopic (exact) mass is 294 g/mol. The maximum absolute atomic E-state index is 13.0. The minimum absolute atomic E-state index is 0.160. The molecule has 2 aromatic carbocycles. The Morgan fingerprint density at radius 2 is 1.67 bits per heavy atom. The normalized spacial score (nSPS) is 10.2. The van der Waals surface area contributed by atoms with Gasteiger partial charge < -0.3 is 10.6 Å². The van der Waals surface area contributed by atoms with Crippen molar-refractivity contribution in [3.05, 3.63) is 65.5 Å². The van der Waals surface area contributed by atoms with Crippen LogP contribution in [0.3, 0.4) is 0 Å². The molecule has 0 aromatic heterocycles. The van der Waals surface area contributed by atoms with Gasteiger partial charge in [-0.25, -0.2) is 18.0 Å². The van der Waals surface area contributed by atoms with Crippen molar-refractivity contribution in [3.8, 4) is 0 Å². The topological polar surface area (TPSA) is 41.1 Å². The second kappa shape index (κ2) is 6.78. The molecule has 0 saturated carbocycles. The molecule has 0 aliphatic heterocycles. The fraction of sp³-hybridized carbons (Fsp3) is 0.133. The highest BCUT2D eigenvalue weighted by Crippen LogP contribution is 2.12. The van der Waals surface area contributed by atoms with E-state index in [9.17, 15) is 18.0 Å². The Kier molecular flexibility index (Phi) is 4.81. The summed E-state index contributed by atoms with van der Waals surface area (Å²) in [4.78, 5) is 11.6. The zero-order valence-corrected chi connectivity index (χ0v) is 11.0. The van der Waals surface area contributed by atoms with E-state index in [-0.39, 0.29) is 11.5 Å². The smallest absolute Gasteiger partial charge is 0.319 e. The number of anilines is 1. The fourth-order valence-corrected chi connectivity index (χ4v) is 1.72. The van der Waals surface area contributed by atoms with E-state index in [1.165, 1.54) is 18.2 Å². The highest BCUT2D eigenvalue weighted by atomic mass is 19.2. The highest BCUT2D eigenvalue weighted by molar-refractivity contribution is 5.89. The van der Waals surface area contributed by atoms with Crippen molar-refractivity contribution in [2.24, 2.45) is 0 Å². The number of urea groups is 1. The Morgan fingerprint density at radius 1 is 0.952 bits per heavy atom. The minimum Gasteiger partial charge on any atom is -0.338 e. The van der Waals surface area contributed by atoms with Crippen molar-refractivity contribution in [1.82, 2.24) is 5.32 Å². The third-order valence-electron chi connectivity index (χ3n) is 2.79. The molecular weight excluding hydrogens is 281 g/mol. The SMILES string of the molecule is O=C(NCCc1ccc(F)cc1)Nc1ccc(F)c(F)c1. The highest BCUT2D eigenvalue weighted by Gasteiger charge is 2.05. The molecule has 0 fully saturated rings. The number of halogens is 3. The van der Waals surface area contributed by atoms with Crippen molar-refractivity contribution < 1.29 is 18.0 Å². The lowest BCUT2D eigenvalue weighted by atomic mass is 10.1. The van der Waals surface area contributed by atoms with Gasteiger partial charge in [-0.05, 0) is 36.2 Å². The van der Waals surface area contributed by atoms with Crippen LogP contribution in [0.15, 0.2) is 42.5 Å². The van der Waals surface area contributed by atoms with Crippen LogP contribution in [0, 0.1) is 17.5 Å². The summed E-state index contributed by atoms with van der Waals surface area (Å²) in [5, 5.41) is 4.96. The lowest BCUT2D eigenvalue weighted by Crippen LogP contribution is -2.30. The predicted octanol–water partition coefficient (Wildman–Crippen LogP) is 3.47. The number of hydrogen-bond donors (Lipinski definition) is 2. The molecule has 0 saturated heterocycles. The molecule has 0 heterocycles. The molecule has 2 aromatic rings. The van der Waals surface area contributed by atoms with Crippen LogP contribution in [0.25, 0.3) is 0 Å². The summed E-state index contributed by atoms with van der Waals surface area (Å²) in [6.45, 7) is 0.334. The van der Waals surface area contributed by atoms with Gasteiger partial charge in [0, 0.05) is 18.3 Å². The van der Waals surface area contributed by atoms with Gasteiger partial charge in [0.25, 0.3) is 0 Å².